The second kappa shape index (κ2) is 11.8. The van der Waals surface area contributed by atoms with E-state index in [0.717, 1.165) is 38.8 Å². The van der Waals surface area contributed by atoms with Crippen molar-refractivity contribution in [3.8, 4) is 11.1 Å². The summed E-state index contributed by atoms with van der Waals surface area (Å²) in [6, 6.07) is 56.2. The molecule has 0 saturated carbocycles. The van der Waals surface area contributed by atoms with E-state index in [1.807, 2.05) is 11.3 Å². The highest BCUT2D eigenvalue weighted by Crippen LogP contribution is 2.53. The standard InChI is InChI=1S/C52H41BN2OS/c1-51(2)29-30-52(3,4)39-31-33(25-28-38(39)51)54-42-21-14-22-43-46(42)53(50-48(54)37-18-9-13-24-45(37)57-50)40-19-10-11-20-41(40)55(43)47-34(32-15-6-5-7-16-32)26-27-36-35-17-8-12-23-44(35)56-49(36)47/h5-28,31H,29-30H2,1-4H3. The summed E-state index contributed by atoms with van der Waals surface area (Å²) >= 11 is 1.95. The van der Waals surface area contributed by atoms with E-state index in [4.69, 9.17) is 4.42 Å². The maximum Gasteiger partial charge on any atom is 0.264 e. The van der Waals surface area contributed by atoms with Gasteiger partial charge in [0.25, 0.3) is 6.71 Å². The van der Waals surface area contributed by atoms with Gasteiger partial charge >= 0.3 is 0 Å². The van der Waals surface area contributed by atoms with Crippen molar-refractivity contribution in [3.63, 3.8) is 0 Å². The lowest BCUT2D eigenvalue weighted by Gasteiger charge is -2.45. The summed E-state index contributed by atoms with van der Waals surface area (Å²) in [5.74, 6) is 0. The molecule has 2 aliphatic heterocycles. The highest BCUT2D eigenvalue weighted by molar-refractivity contribution is 7.33. The van der Waals surface area contributed by atoms with Crippen molar-refractivity contribution in [1.29, 1.82) is 0 Å². The fourth-order valence-electron chi connectivity index (χ4n) is 10.4. The van der Waals surface area contributed by atoms with E-state index in [2.05, 4.69) is 189 Å². The average Bonchev–Trinajstić information content (AvgIpc) is 3.82. The zero-order chi connectivity index (χ0) is 38.2. The molecule has 0 atom stereocenters. The summed E-state index contributed by atoms with van der Waals surface area (Å²) in [4.78, 5) is 5.13. The van der Waals surface area contributed by atoms with Crippen molar-refractivity contribution in [1.82, 2.24) is 0 Å². The van der Waals surface area contributed by atoms with Crippen molar-refractivity contribution in [2.75, 3.05) is 9.80 Å². The van der Waals surface area contributed by atoms with Gasteiger partial charge in [0.1, 0.15) is 5.58 Å². The molecule has 0 N–H and O–H groups in total. The van der Waals surface area contributed by atoms with Crippen molar-refractivity contribution in [2.24, 2.45) is 0 Å². The van der Waals surface area contributed by atoms with Gasteiger partial charge in [-0.1, -0.05) is 131 Å². The first-order valence-electron chi connectivity index (χ1n) is 20.3. The lowest BCUT2D eigenvalue weighted by molar-refractivity contribution is 0.332. The van der Waals surface area contributed by atoms with Crippen LogP contribution in [-0.4, -0.2) is 6.71 Å². The summed E-state index contributed by atoms with van der Waals surface area (Å²) in [5.41, 5.74) is 17.1. The lowest BCUT2D eigenvalue weighted by atomic mass is 9.36. The number of thiophene rings is 1. The number of rotatable bonds is 3. The molecule has 0 saturated heterocycles. The monoisotopic (exact) mass is 752 g/mol. The molecule has 274 valence electrons. The van der Waals surface area contributed by atoms with Crippen LogP contribution in [-0.2, 0) is 10.8 Å². The topological polar surface area (TPSA) is 19.6 Å². The summed E-state index contributed by atoms with van der Waals surface area (Å²) in [6.07, 6.45) is 2.37. The number of hydrogen-bond acceptors (Lipinski definition) is 4. The van der Waals surface area contributed by atoms with Crippen LogP contribution in [0.4, 0.5) is 34.1 Å². The van der Waals surface area contributed by atoms with E-state index in [1.54, 1.807) is 0 Å². The highest BCUT2D eigenvalue weighted by atomic mass is 32.1. The number of nitrogens with zero attached hydrogens (tertiary/aromatic N) is 2. The van der Waals surface area contributed by atoms with Crippen LogP contribution in [0.5, 0.6) is 0 Å². The third-order valence-electron chi connectivity index (χ3n) is 13.3. The lowest BCUT2D eigenvalue weighted by Crippen LogP contribution is -2.60. The zero-order valence-electron chi connectivity index (χ0n) is 32.6. The molecule has 0 amide bonds. The van der Waals surface area contributed by atoms with Gasteiger partial charge in [0.15, 0.2) is 5.58 Å². The van der Waals surface area contributed by atoms with E-state index >= 15 is 0 Å². The van der Waals surface area contributed by atoms with Gasteiger partial charge in [0.05, 0.1) is 11.4 Å². The smallest absolute Gasteiger partial charge is 0.264 e. The van der Waals surface area contributed by atoms with Crippen LogP contribution in [0.3, 0.4) is 0 Å². The van der Waals surface area contributed by atoms with Crippen LogP contribution in [0.2, 0.25) is 0 Å². The zero-order valence-corrected chi connectivity index (χ0v) is 33.5. The molecule has 57 heavy (non-hydrogen) atoms. The molecular weight excluding hydrogens is 711 g/mol. The van der Waals surface area contributed by atoms with E-state index in [9.17, 15) is 0 Å². The Morgan fingerprint density at radius 1 is 0.561 bits per heavy atom. The molecule has 12 rings (SSSR count). The minimum Gasteiger partial charge on any atom is -0.454 e. The Morgan fingerprint density at radius 3 is 2.09 bits per heavy atom. The Labute approximate surface area is 337 Å². The SMILES string of the molecule is CC1(C)CCC(C)(C)c2cc(N3c4cccc5c4B(c4ccccc4N5c4c(-c5ccccc5)ccc5c4oc4ccccc45)c4sc5ccccc5c43)ccc21. The van der Waals surface area contributed by atoms with E-state index in [0.29, 0.717) is 0 Å². The molecule has 0 spiro atoms. The fourth-order valence-corrected chi connectivity index (χ4v) is 11.7. The number of para-hydroxylation sites is 2. The molecule has 3 nitrogen and oxygen atoms in total. The van der Waals surface area contributed by atoms with Gasteiger partial charge in [-0.2, -0.15) is 0 Å². The van der Waals surface area contributed by atoms with Crippen LogP contribution in [0.25, 0.3) is 43.2 Å². The maximum absolute atomic E-state index is 6.95. The minimum atomic E-state index is 0.0651. The third-order valence-corrected chi connectivity index (χ3v) is 14.5. The van der Waals surface area contributed by atoms with Gasteiger partial charge in [0.2, 0.25) is 0 Å². The minimum absolute atomic E-state index is 0.0651. The Bertz CT molecular complexity index is 3120. The van der Waals surface area contributed by atoms with Gasteiger partial charge in [-0.25, -0.2) is 0 Å². The molecule has 4 heterocycles. The number of furan rings is 1. The molecule has 0 unspecified atom stereocenters. The molecule has 0 fully saturated rings. The fraction of sp³-hybridized carbons (Fsp3) is 0.154. The maximum atomic E-state index is 6.95. The van der Waals surface area contributed by atoms with Gasteiger partial charge in [-0.15, -0.1) is 11.3 Å². The Balaban J connectivity index is 1.19. The van der Waals surface area contributed by atoms with Crippen molar-refractivity contribution in [3.05, 3.63) is 163 Å². The quantitative estimate of drug-likeness (QED) is 0.168. The summed E-state index contributed by atoms with van der Waals surface area (Å²) in [6.45, 7) is 9.77. The molecule has 7 aromatic carbocycles. The van der Waals surface area contributed by atoms with Crippen LogP contribution in [0, 0.1) is 0 Å². The molecule has 9 aromatic rings. The number of hydrogen-bond donors (Lipinski definition) is 0. The first-order valence-corrected chi connectivity index (χ1v) is 21.1. The average molecular weight is 753 g/mol. The normalized spacial score (nSPS) is 16.1. The molecule has 0 radical (unpaired) electrons. The van der Waals surface area contributed by atoms with Crippen molar-refractivity contribution < 1.29 is 4.42 Å². The van der Waals surface area contributed by atoms with Gasteiger partial charge in [-0.05, 0) is 99.8 Å². The molecule has 3 aliphatic rings. The molecule has 5 heteroatoms. The summed E-state index contributed by atoms with van der Waals surface area (Å²) < 4.78 is 9.67. The van der Waals surface area contributed by atoms with Gasteiger partial charge in [0, 0.05) is 53.9 Å². The van der Waals surface area contributed by atoms with Crippen LogP contribution >= 0.6 is 11.3 Å². The van der Waals surface area contributed by atoms with Crippen LogP contribution < -0.4 is 25.5 Å². The van der Waals surface area contributed by atoms with Crippen LogP contribution in [0.1, 0.15) is 51.7 Å². The molecule has 0 bridgehead atoms. The van der Waals surface area contributed by atoms with Crippen LogP contribution in [0.15, 0.2) is 156 Å². The number of anilines is 6. The van der Waals surface area contributed by atoms with Gasteiger partial charge in [-0.3, -0.25) is 0 Å². The second-order valence-corrected chi connectivity index (χ2v) is 18.6. The number of benzene rings is 7. The Kier molecular flexibility index (Phi) is 6.83. The first-order chi connectivity index (χ1) is 27.8. The third kappa shape index (κ3) is 4.61. The molecule has 2 aromatic heterocycles. The number of fused-ring (bicyclic) bond motifs is 10. The Hall–Kier alpha value is -6.04. The summed E-state index contributed by atoms with van der Waals surface area (Å²) in [5, 5.41) is 3.56. The largest absolute Gasteiger partial charge is 0.454 e. The second-order valence-electron chi connectivity index (χ2n) is 17.5. The van der Waals surface area contributed by atoms with E-state index < -0.39 is 0 Å². The van der Waals surface area contributed by atoms with Crippen molar-refractivity contribution in [2.45, 2.75) is 51.4 Å². The van der Waals surface area contributed by atoms with Gasteiger partial charge < -0.3 is 14.2 Å². The highest BCUT2D eigenvalue weighted by Gasteiger charge is 2.46. The molecular formula is C52H41BN2OS. The predicted molar refractivity (Wildman–Crippen MR) is 244 cm³/mol. The predicted octanol–water partition coefficient (Wildman–Crippen LogP) is 12.9. The first kappa shape index (κ1) is 33.1. The summed E-state index contributed by atoms with van der Waals surface area (Å²) in [7, 11) is 0. The van der Waals surface area contributed by atoms with E-state index in [-0.39, 0.29) is 17.5 Å². The Morgan fingerprint density at radius 2 is 1.25 bits per heavy atom. The van der Waals surface area contributed by atoms with E-state index in [1.165, 1.54) is 78.2 Å². The van der Waals surface area contributed by atoms with Crippen molar-refractivity contribution >= 4 is 99.9 Å². The molecule has 1 aliphatic carbocycles.